The molecule has 0 saturated heterocycles. The molecule has 2 unspecified atom stereocenters. The van der Waals surface area contributed by atoms with Gasteiger partial charge in [0.05, 0.1) is 12.7 Å². The molecule has 0 aliphatic heterocycles. The average molecular weight is 225 g/mol. The van der Waals surface area contributed by atoms with Crippen LogP contribution < -0.4 is 10.5 Å². The van der Waals surface area contributed by atoms with E-state index in [9.17, 15) is 10.2 Å². The fraction of sp³-hybridized carbons (Fsp3) is 0.500. The topological polar surface area (TPSA) is 75.7 Å². The lowest BCUT2D eigenvalue weighted by molar-refractivity contribution is 0.0242. The molecule has 0 aliphatic rings. The van der Waals surface area contributed by atoms with E-state index >= 15 is 0 Å². The van der Waals surface area contributed by atoms with E-state index in [1.54, 1.807) is 18.2 Å². The summed E-state index contributed by atoms with van der Waals surface area (Å²) in [6, 6.07) is 7.06. The first-order valence-corrected chi connectivity index (χ1v) is 5.48. The van der Waals surface area contributed by atoms with Gasteiger partial charge in [-0.3, -0.25) is 0 Å². The molecular formula is C12H19NO3. The van der Waals surface area contributed by atoms with Gasteiger partial charge in [-0.15, -0.1) is 0 Å². The van der Waals surface area contributed by atoms with E-state index < -0.39 is 12.2 Å². The highest BCUT2D eigenvalue weighted by Gasteiger charge is 2.16. The lowest BCUT2D eigenvalue weighted by Crippen LogP contribution is -2.27. The van der Waals surface area contributed by atoms with Gasteiger partial charge < -0.3 is 20.7 Å². The molecule has 1 rings (SSSR count). The molecule has 0 aliphatic carbocycles. The van der Waals surface area contributed by atoms with E-state index in [0.29, 0.717) is 17.9 Å². The van der Waals surface area contributed by atoms with Gasteiger partial charge in [0, 0.05) is 6.54 Å². The molecular weight excluding hydrogens is 206 g/mol. The van der Waals surface area contributed by atoms with Crippen LogP contribution in [0.3, 0.4) is 0 Å². The van der Waals surface area contributed by atoms with Gasteiger partial charge in [-0.2, -0.15) is 0 Å². The minimum Gasteiger partial charge on any atom is -0.494 e. The minimum absolute atomic E-state index is 0.0290. The Kier molecular flexibility index (Phi) is 5.25. The predicted molar refractivity (Wildman–Crippen MR) is 62.2 cm³/mol. The van der Waals surface area contributed by atoms with Crippen LogP contribution in [0.1, 0.15) is 25.0 Å². The van der Waals surface area contributed by atoms with Crippen LogP contribution in [0.2, 0.25) is 0 Å². The van der Waals surface area contributed by atoms with Gasteiger partial charge in [0.1, 0.15) is 11.9 Å². The maximum Gasteiger partial charge on any atom is 0.119 e. The molecule has 4 heteroatoms. The molecule has 16 heavy (non-hydrogen) atoms. The van der Waals surface area contributed by atoms with Gasteiger partial charge in [0.2, 0.25) is 0 Å². The van der Waals surface area contributed by atoms with E-state index in [1.165, 1.54) is 0 Å². The van der Waals surface area contributed by atoms with E-state index in [1.807, 2.05) is 13.0 Å². The highest BCUT2D eigenvalue weighted by atomic mass is 16.5. The first-order valence-electron chi connectivity index (χ1n) is 5.48. The number of hydrogen-bond acceptors (Lipinski definition) is 4. The SMILES string of the molecule is CCCOc1cccc(C(O)C(O)CN)c1. The van der Waals surface area contributed by atoms with Crippen molar-refractivity contribution in [3.8, 4) is 5.75 Å². The van der Waals surface area contributed by atoms with Gasteiger partial charge in [-0.25, -0.2) is 0 Å². The Morgan fingerprint density at radius 3 is 2.75 bits per heavy atom. The fourth-order valence-electron chi connectivity index (χ4n) is 1.36. The summed E-state index contributed by atoms with van der Waals surface area (Å²) >= 11 is 0. The molecule has 1 aromatic carbocycles. The summed E-state index contributed by atoms with van der Waals surface area (Å²) in [4.78, 5) is 0. The Hall–Kier alpha value is -1.10. The Labute approximate surface area is 95.7 Å². The molecule has 0 heterocycles. The zero-order valence-electron chi connectivity index (χ0n) is 9.47. The second kappa shape index (κ2) is 6.48. The largest absolute Gasteiger partial charge is 0.494 e. The third kappa shape index (κ3) is 3.48. The standard InChI is InChI=1S/C12H19NO3/c1-2-6-16-10-5-3-4-9(7-10)12(15)11(14)8-13/h3-5,7,11-12,14-15H,2,6,8,13H2,1H3. The number of rotatable bonds is 6. The first kappa shape index (κ1) is 13.0. The normalized spacial score (nSPS) is 14.5. The molecule has 0 bridgehead atoms. The average Bonchev–Trinajstić information content (AvgIpc) is 2.34. The quantitative estimate of drug-likeness (QED) is 0.670. The lowest BCUT2D eigenvalue weighted by Gasteiger charge is -2.17. The molecule has 2 atom stereocenters. The van der Waals surface area contributed by atoms with Gasteiger partial charge in [-0.1, -0.05) is 19.1 Å². The fourth-order valence-corrected chi connectivity index (χ4v) is 1.36. The molecule has 0 saturated carbocycles. The van der Waals surface area contributed by atoms with Crippen molar-refractivity contribution >= 4 is 0 Å². The summed E-state index contributed by atoms with van der Waals surface area (Å²) in [6.45, 7) is 2.69. The van der Waals surface area contributed by atoms with Crippen LogP contribution in [0.5, 0.6) is 5.75 Å². The highest BCUT2D eigenvalue weighted by molar-refractivity contribution is 5.30. The first-order chi connectivity index (χ1) is 7.69. The molecule has 0 amide bonds. The number of aliphatic hydroxyl groups is 2. The maximum absolute atomic E-state index is 9.75. The lowest BCUT2D eigenvalue weighted by atomic mass is 10.0. The van der Waals surface area contributed by atoms with Crippen molar-refractivity contribution in [3.05, 3.63) is 29.8 Å². The number of aliphatic hydroxyl groups excluding tert-OH is 2. The van der Waals surface area contributed by atoms with Gasteiger partial charge in [0.15, 0.2) is 0 Å². The maximum atomic E-state index is 9.75. The smallest absolute Gasteiger partial charge is 0.119 e. The zero-order chi connectivity index (χ0) is 12.0. The van der Waals surface area contributed by atoms with Crippen molar-refractivity contribution < 1.29 is 14.9 Å². The summed E-state index contributed by atoms with van der Waals surface area (Å²) in [7, 11) is 0. The van der Waals surface area contributed by atoms with Crippen molar-refractivity contribution in [3.63, 3.8) is 0 Å². The van der Waals surface area contributed by atoms with Crippen LogP contribution in [0.4, 0.5) is 0 Å². The molecule has 4 N–H and O–H groups in total. The number of ether oxygens (including phenoxy) is 1. The number of hydrogen-bond donors (Lipinski definition) is 3. The Morgan fingerprint density at radius 2 is 2.12 bits per heavy atom. The Balaban J connectivity index is 2.73. The van der Waals surface area contributed by atoms with E-state index in [2.05, 4.69) is 0 Å². The molecule has 0 aromatic heterocycles. The molecule has 90 valence electrons. The summed E-state index contributed by atoms with van der Waals surface area (Å²) in [5.74, 6) is 0.697. The summed E-state index contributed by atoms with van der Waals surface area (Å²) in [5, 5.41) is 19.2. The molecule has 0 spiro atoms. The predicted octanol–water partition coefficient (Wildman–Crippen LogP) is 0.828. The van der Waals surface area contributed by atoms with Crippen molar-refractivity contribution in [1.29, 1.82) is 0 Å². The number of benzene rings is 1. The second-order valence-corrected chi connectivity index (χ2v) is 3.67. The van der Waals surface area contributed by atoms with Gasteiger partial charge in [0.25, 0.3) is 0 Å². The molecule has 0 fully saturated rings. The van der Waals surface area contributed by atoms with Crippen molar-refractivity contribution in [1.82, 2.24) is 0 Å². The van der Waals surface area contributed by atoms with Crippen LogP contribution in [0.25, 0.3) is 0 Å². The monoisotopic (exact) mass is 225 g/mol. The summed E-state index contributed by atoms with van der Waals surface area (Å²) < 4.78 is 5.44. The molecule has 1 aromatic rings. The third-order valence-corrected chi connectivity index (χ3v) is 2.28. The van der Waals surface area contributed by atoms with Gasteiger partial charge >= 0.3 is 0 Å². The van der Waals surface area contributed by atoms with E-state index in [-0.39, 0.29) is 6.54 Å². The third-order valence-electron chi connectivity index (χ3n) is 2.28. The van der Waals surface area contributed by atoms with Crippen molar-refractivity contribution in [2.24, 2.45) is 5.73 Å². The summed E-state index contributed by atoms with van der Waals surface area (Å²) in [6.07, 6.45) is -0.977. The minimum atomic E-state index is -0.963. The van der Waals surface area contributed by atoms with Crippen LogP contribution in [-0.4, -0.2) is 29.5 Å². The van der Waals surface area contributed by atoms with Crippen molar-refractivity contribution in [2.75, 3.05) is 13.2 Å². The second-order valence-electron chi connectivity index (χ2n) is 3.67. The summed E-state index contributed by atoms with van der Waals surface area (Å²) in [5.41, 5.74) is 5.90. The Bertz CT molecular complexity index is 317. The van der Waals surface area contributed by atoms with E-state index in [0.717, 1.165) is 6.42 Å². The highest BCUT2D eigenvalue weighted by Crippen LogP contribution is 2.21. The number of nitrogens with two attached hydrogens (primary N) is 1. The van der Waals surface area contributed by atoms with Crippen LogP contribution >= 0.6 is 0 Å². The van der Waals surface area contributed by atoms with Crippen molar-refractivity contribution in [2.45, 2.75) is 25.6 Å². The van der Waals surface area contributed by atoms with Gasteiger partial charge in [-0.05, 0) is 24.1 Å². The van der Waals surface area contributed by atoms with E-state index in [4.69, 9.17) is 10.5 Å². The van der Waals surface area contributed by atoms with Crippen LogP contribution in [0.15, 0.2) is 24.3 Å². The molecule has 4 nitrogen and oxygen atoms in total. The Morgan fingerprint density at radius 1 is 1.38 bits per heavy atom. The van der Waals surface area contributed by atoms with Crippen LogP contribution in [0, 0.1) is 0 Å². The molecule has 0 radical (unpaired) electrons. The van der Waals surface area contributed by atoms with Crippen LogP contribution in [-0.2, 0) is 0 Å². The zero-order valence-corrected chi connectivity index (χ0v) is 9.47.